The Morgan fingerprint density at radius 3 is 2.95 bits per heavy atom. The van der Waals surface area contributed by atoms with Crippen LogP contribution >= 0.6 is 11.3 Å². The molecule has 3 N–H and O–H groups in total. The molecule has 0 saturated carbocycles. The number of nitrogens with zero attached hydrogens (tertiary/aromatic N) is 1. The van der Waals surface area contributed by atoms with Crippen LogP contribution in [0.25, 0.3) is 10.2 Å². The van der Waals surface area contributed by atoms with Crippen molar-refractivity contribution < 1.29 is 9.90 Å². The number of carbonyl (C=O) groups excluding carboxylic acids is 1. The molecule has 0 fully saturated rings. The Bertz CT molecular complexity index is 595. The molecule has 2 rings (SSSR count). The third-order valence-electron chi connectivity index (χ3n) is 2.78. The van der Waals surface area contributed by atoms with E-state index in [-0.39, 0.29) is 12.6 Å². The summed E-state index contributed by atoms with van der Waals surface area (Å²) in [7, 11) is 0. The Morgan fingerprint density at radius 1 is 1.45 bits per heavy atom. The zero-order chi connectivity index (χ0) is 14.5. The van der Waals surface area contributed by atoms with E-state index in [0.717, 1.165) is 20.9 Å². The Morgan fingerprint density at radius 2 is 2.25 bits per heavy atom. The van der Waals surface area contributed by atoms with Crippen molar-refractivity contribution in [2.45, 2.75) is 26.2 Å². The first-order chi connectivity index (χ1) is 9.60. The predicted molar refractivity (Wildman–Crippen MR) is 82.4 cm³/mol. The van der Waals surface area contributed by atoms with Gasteiger partial charge in [-0.2, -0.15) is 0 Å². The van der Waals surface area contributed by atoms with E-state index in [2.05, 4.69) is 29.5 Å². The van der Waals surface area contributed by atoms with E-state index in [1.807, 2.05) is 18.2 Å². The number of urea groups is 1. The van der Waals surface area contributed by atoms with Crippen LogP contribution in [0.3, 0.4) is 0 Å². The molecule has 0 radical (unpaired) electrons. The number of thiazole rings is 1. The lowest BCUT2D eigenvalue weighted by Crippen LogP contribution is -2.29. The third kappa shape index (κ3) is 3.68. The van der Waals surface area contributed by atoms with Gasteiger partial charge in [-0.15, -0.1) is 11.3 Å². The molecule has 0 aliphatic heterocycles. The number of hydrogen-bond acceptors (Lipinski definition) is 4. The Balaban J connectivity index is 2.05. The Kier molecular flexibility index (Phi) is 4.92. The minimum Gasteiger partial charge on any atom is -0.396 e. The molecule has 2 aromatic rings. The fourth-order valence-electron chi connectivity index (χ4n) is 1.72. The van der Waals surface area contributed by atoms with Gasteiger partial charge in [-0.05, 0) is 24.6 Å². The van der Waals surface area contributed by atoms with Crippen molar-refractivity contribution in [2.75, 3.05) is 18.5 Å². The first-order valence-electron chi connectivity index (χ1n) is 6.66. The van der Waals surface area contributed by atoms with Crippen molar-refractivity contribution >= 4 is 33.3 Å². The highest BCUT2D eigenvalue weighted by atomic mass is 32.1. The van der Waals surface area contributed by atoms with E-state index >= 15 is 0 Å². The summed E-state index contributed by atoms with van der Waals surface area (Å²) in [6.07, 6.45) is 0.555. The van der Waals surface area contributed by atoms with E-state index < -0.39 is 0 Å². The van der Waals surface area contributed by atoms with E-state index in [0.29, 0.717) is 18.9 Å². The Labute approximate surface area is 122 Å². The van der Waals surface area contributed by atoms with Crippen molar-refractivity contribution in [1.29, 1.82) is 0 Å². The first kappa shape index (κ1) is 14.7. The number of aliphatic hydroxyl groups is 1. The zero-order valence-corrected chi connectivity index (χ0v) is 12.5. The average Bonchev–Trinajstić information content (AvgIpc) is 2.82. The number of aromatic nitrogens is 1. The molecule has 0 unspecified atom stereocenters. The van der Waals surface area contributed by atoms with Gasteiger partial charge >= 0.3 is 6.03 Å². The fourth-order valence-corrected chi connectivity index (χ4v) is 2.73. The monoisotopic (exact) mass is 293 g/mol. The van der Waals surface area contributed by atoms with Crippen LogP contribution in [0.5, 0.6) is 0 Å². The van der Waals surface area contributed by atoms with Crippen LogP contribution in [0.2, 0.25) is 0 Å². The van der Waals surface area contributed by atoms with Gasteiger partial charge in [0.1, 0.15) is 0 Å². The summed E-state index contributed by atoms with van der Waals surface area (Å²) in [5.41, 5.74) is 1.71. The molecule has 20 heavy (non-hydrogen) atoms. The average molecular weight is 293 g/mol. The lowest BCUT2D eigenvalue weighted by Gasteiger charge is -2.06. The van der Waals surface area contributed by atoms with Gasteiger partial charge in [0.2, 0.25) is 0 Å². The third-order valence-corrected chi connectivity index (χ3v) is 4.10. The maximum absolute atomic E-state index is 11.6. The first-order valence-corrected chi connectivity index (χ1v) is 7.48. The van der Waals surface area contributed by atoms with Gasteiger partial charge in [-0.3, -0.25) is 0 Å². The number of nitrogens with one attached hydrogen (secondary N) is 2. The number of benzene rings is 1. The summed E-state index contributed by atoms with van der Waals surface area (Å²) in [5, 5.41) is 15.2. The molecule has 108 valence electrons. The van der Waals surface area contributed by atoms with Crippen molar-refractivity contribution in [1.82, 2.24) is 10.3 Å². The highest BCUT2D eigenvalue weighted by Crippen LogP contribution is 2.29. The number of anilines is 1. The summed E-state index contributed by atoms with van der Waals surface area (Å²) in [5.74, 6) is 0.408. The quantitative estimate of drug-likeness (QED) is 0.742. The highest BCUT2D eigenvalue weighted by Gasteiger charge is 2.08. The summed E-state index contributed by atoms with van der Waals surface area (Å²) in [6, 6.07) is 5.44. The Hall–Kier alpha value is -1.66. The lowest BCUT2D eigenvalue weighted by atomic mass is 10.2. The second kappa shape index (κ2) is 6.67. The largest absolute Gasteiger partial charge is 0.396 e. The van der Waals surface area contributed by atoms with E-state index in [1.54, 1.807) is 11.3 Å². The van der Waals surface area contributed by atoms with Crippen LogP contribution < -0.4 is 10.6 Å². The lowest BCUT2D eigenvalue weighted by molar-refractivity contribution is 0.249. The van der Waals surface area contributed by atoms with Crippen molar-refractivity contribution in [3.8, 4) is 0 Å². The standard InChI is InChI=1S/C14H19N3O2S/c1-9(2)13-17-11-5-4-10(8-12(11)20-13)16-14(19)15-6-3-7-18/h4-5,8-9,18H,3,6-7H2,1-2H3,(H2,15,16,19). The molecular formula is C14H19N3O2S. The second-order valence-electron chi connectivity index (χ2n) is 4.85. The molecule has 0 spiro atoms. The molecule has 1 aromatic carbocycles. The summed E-state index contributed by atoms with van der Waals surface area (Å²) in [6.45, 7) is 4.77. The fraction of sp³-hybridized carbons (Fsp3) is 0.429. The minimum atomic E-state index is -0.258. The molecule has 1 heterocycles. The maximum atomic E-state index is 11.6. The number of fused-ring (bicyclic) bond motifs is 1. The van der Waals surface area contributed by atoms with E-state index in [9.17, 15) is 4.79 Å². The van der Waals surface area contributed by atoms with Gasteiger partial charge in [-0.1, -0.05) is 13.8 Å². The molecular weight excluding hydrogens is 274 g/mol. The van der Waals surface area contributed by atoms with Gasteiger partial charge in [0.15, 0.2) is 0 Å². The normalized spacial score (nSPS) is 11.0. The van der Waals surface area contributed by atoms with E-state index in [1.165, 1.54) is 0 Å². The maximum Gasteiger partial charge on any atom is 0.319 e. The smallest absolute Gasteiger partial charge is 0.319 e. The highest BCUT2D eigenvalue weighted by molar-refractivity contribution is 7.18. The number of aliphatic hydroxyl groups excluding tert-OH is 1. The number of rotatable bonds is 5. The minimum absolute atomic E-state index is 0.0745. The molecule has 1 aromatic heterocycles. The van der Waals surface area contributed by atoms with Gasteiger partial charge < -0.3 is 15.7 Å². The molecule has 0 aliphatic rings. The van der Waals surface area contributed by atoms with Crippen LogP contribution in [0.4, 0.5) is 10.5 Å². The molecule has 0 bridgehead atoms. The van der Waals surface area contributed by atoms with Gasteiger partial charge in [-0.25, -0.2) is 9.78 Å². The van der Waals surface area contributed by atoms with E-state index in [4.69, 9.17) is 5.11 Å². The van der Waals surface area contributed by atoms with Crippen LogP contribution in [-0.4, -0.2) is 29.3 Å². The van der Waals surface area contributed by atoms with Crippen LogP contribution in [-0.2, 0) is 0 Å². The molecule has 2 amide bonds. The predicted octanol–water partition coefficient (Wildman–Crippen LogP) is 2.92. The van der Waals surface area contributed by atoms with Crippen molar-refractivity contribution in [2.24, 2.45) is 0 Å². The molecule has 0 saturated heterocycles. The topological polar surface area (TPSA) is 74.2 Å². The summed E-state index contributed by atoms with van der Waals surface area (Å²) < 4.78 is 1.07. The van der Waals surface area contributed by atoms with Gasteiger partial charge in [0.25, 0.3) is 0 Å². The van der Waals surface area contributed by atoms with Crippen molar-refractivity contribution in [3.63, 3.8) is 0 Å². The van der Waals surface area contributed by atoms with Crippen LogP contribution in [0.1, 0.15) is 31.2 Å². The van der Waals surface area contributed by atoms with Gasteiger partial charge in [0.05, 0.1) is 15.2 Å². The van der Waals surface area contributed by atoms with Crippen LogP contribution in [0, 0.1) is 0 Å². The van der Waals surface area contributed by atoms with Gasteiger partial charge in [0, 0.05) is 24.8 Å². The number of hydrogen-bond donors (Lipinski definition) is 3. The number of carbonyl (C=O) groups is 1. The molecule has 5 nitrogen and oxygen atoms in total. The zero-order valence-electron chi connectivity index (χ0n) is 11.6. The summed E-state index contributed by atoms with van der Waals surface area (Å²) >= 11 is 1.65. The second-order valence-corrected chi connectivity index (χ2v) is 5.91. The SMILES string of the molecule is CC(C)c1nc2ccc(NC(=O)NCCCO)cc2s1. The molecule has 6 heteroatoms. The van der Waals surface area contributed by atoms with Crippen LogP contribution in [0.15, 0.2) is 18.2 Å². The summed E-state index contributed by atoms with van der Waals surface area (Å²) in [4.78, 5) is 16.2. The number of amides is 2. The van der Waals surface area contributed by atoms with Crippen molar-refractivity contribution in [3.05, 3.63) is 23.2 Å². The molecule has 0 atom stereocenters. The molecule has 0 aliphatic carbocycles.